The molecule has 0 aliphatic carbocycles. The van der Waals surface area contributed by atoms with Gasteiger partial charge in [0.25, 0.3) is 5.22 Å². The van der Waals surface area contributed by atoms with Crippen LogP contribution < -0.4 is 0 Å². The fourth-order valence-electron chi connectivity index (χ4n) is 2.00. The van der Waals surface area contributed by atoms with E-state index >= 15 is 0 Å². The summed E-state index contributed by atoms with van der Waals surface area (Å²) < 4.78 is 5.54. The summed E-state index contributed by atoms with van der Waals surface area (Å²) in [6, 6.07) is 12.5. The minimum absolute atomic E-state index is 0.0122. The molecule has 4 nitrogen and oxygen atoms in total. The Morgan fingerprint density at radius 2 is 2.10 bits per heavy atom. The maximum atomic E-state index is 12.1. The van der Waals surface area contributed by atoms with E-state index in [1.807, 2.05) is 31.2 Å². The van der Waals surface area contributed by atoms with E-state index in [0.29, 0.717) is 16.4 Å². The van der Waals surface area contributed by atoms with Crippen molar-refractivity contribution < 1.29 is 14.3 Å². The molecule has 0 spiro atoms. The molecule has 0 unspecified atom stereocenters. The number of hydrogen-bond donors (Lipinski definition) is 1. The molecule has 0 amide bonds. The Morgan fingerprint density at radius 3 is 2.86 bits per heavy atom. The SMILES string of the molecule is Cc1ccc(C(=O)CSc2nc3ccccc3o2)c(O)c1. The van der Waals surface area contributed by atoms with Gasteiger partial charge in [-0.25, -0.2) is 4.98 Å². The van der Waals surface area contributed by atoms with Crippen molar-refractivity contribution in [3.05, 3.63) is 53.6 Å². The number of benzene rings is 2. The molecule has 0 radical (unpaired) electrons. The van der Waals surface area contributed by atoms with Crippen molar-refractivity contribution in [2.24, 2.45) is 0 Å². The summed E-state index contributed by atoms with van der Waals surface area (Å²) >= 11 is 1.22. The van der Waals surface area contributed by atoms with Gasteiger partial charge in [-0.15, -0.1) is 0 Å². The van der Waals surface area contributed by atoms with Crippen molar-refractivity contribution in [3.8, 4) is 5.75 Å². The van der Waals surface area contributed by atoms with E-state index in [4.69, 9.17) is 4.42 Å². The van der Waals surface area contributed by atoms with E-state index in [9.17, 15) is 9.90 Å². The number of oxazole rings is 1. The number of hydrogen-bond acceptors (Lipinski definition) is 5. The molecule has 3 aromatic rings. The lowest BCUT2D eigenvalue weighted by molar-refractivity contribution is 0.101. The van der Waals surface area contributed by atoms with Gasteiger partial charge in [-0.05, 0) is 36.8 Å². The maximum Gasteiger partial charge on any atom is 0.257 e. The van der Waals surface area contributed by atoms with Gasteiger partial charge in [0.1, 0.15) is 11.3 Å². The highest BCUT2D eigenvalue weighted by Crippen LogP contribution is 2.26. The fourth-order valence-corrected chi connectivity index (χ4v) is 2.72. The number of Topliss-reactive ketones (excluding diaryl/α,β-unsaturated/α-hetero) is 1. The highest BCUT2D eigenvalue weighted by Gasteiger charge is 2.14. The topological polar surface area (TPSA) is 63.3 Å². The Morgan fingerprint density at radius 1 is 1.29 bits per heavy atom. The molecule has 21 heavy (non-hydrogen) atoms. The number of carbonyl (C=O) groups is 1. The lowest BCUT2D eigenvalue weighted by Crippen LogP contribution is -2.02. The summed E-state index contributed by atoms with van der Waals surface area (Å²) in [5, 5.41) is 10.3. The first-order valence-electron chi connectivity index (χ1n) is 6.44. The molecule has 5 heteroatoms. The molecule has 0 bridgehead atoms. The van der Waals surface area contributed by atoms with Crippen LogP contribution in [0.1, 0.15) is 15.9 Å². The lowest BCUT2D eigenvalue weighted by Gasteiger charge is -2.03. The second kappa shape index (κ2) is 5.61. The van der Waals surface area contributed by atoms with Gasteiger partial charge in [-0.2, -0.15) is 0 Å². The number of aryl methyl sites for hydroxylation is 1. The predicted molar refractivity (Wildman–Crippen MR) is 81.9 cm³/mol. The van der Waals surface area contributed by atoms with E-state index in [-0.39, 0.29) is 17.3 Å². The smallest absolute Gasteiger partial charge is 0.257 e. The Labute approximate surface area is 125 Å². The van der Waals surface area contributed by atoms with Crippen molar-refractivity contribution in [2.45, 2.75) is 12.1 Å². The first-order chi connectivity index (χ1) is 10.1. The van der Waals surface area contributed by atoms with Gasteiger partial charge in [-0.3, -0.25) is 4.79 Å². The molecule has 0 saturated heterocycles. The van der Waals surface area contributed by atoms with Crippen LogP contribution in [0.4, 0.5) is 0 Å². The van der Waals surface area contributed by atoms with Gasteiger partial charge < -0.3 is 9.52 Å². The highest BCUT2D eigenvalue weighted by molar-refractivity contribution is 7.99. The Kier molecular flexibility index (Phi) is 3.66. The number of aromatic nitrogens is 1. The molecule has 1 N–H and O–H groups in total. The van der Waals surface area contributed by atoms with E-state index < -0.39 is 0 Å². The second-order valence-electron chi connectivity index (χ2n) is 4.68. The normalized spacial score (nSPS) is 10.9. The minimum Gasteiger partial charge on any atom is -0.507 e. The first-order valence-corrected chi connectivity index (χ1v) is 7.43. The van der Waals surface area contributed by atoms with E-state index in [1.165, 1.54) is 11.8 Å². The van der Waals surface area contributed by atoms with Crippen LogP contribution in [0.5, 0.6) is 5.75 Å². The molecular formula is C16H13NO3S. The number of phenols is 1. The first kappa shape index (κ1) is 13.7. The zero-order valence-corrected chi connectivity index (χ0v) is 12.2. The van der Waals surface area contributed by atoms with Crippen LogP contribution in [0, 0.1) is 6.92 Å². The maximum absolute atomic E-state index is 12.1. The standard InChI is InChI=1S/C16H13NO3S/c1-10-6-7-11(13(18)8-10)14(19)9-21-16-17-12-4-2-3-5-15(12)20-16/h2-8,18H,9H2,1H3. The number of carbonyl (C=O) groups excluding carboxylic acids is 1. The molecule has 0 atom stereocenters. The van der Waals surface area contributed by atoms with Crippen LogP contribution in [0.15, 0.2) is 52.1 Å². The summed E-state index contributed by atoms with van der Waals surface area (Å²) in [4.78, 5) is 16.4. The number of aromatic hydroxyl groups is 1. The number of thioether (sulfide) groups is 1. The Hall–Kier alpha value is -2.27. The van der Waals surface area contributed by atoms with Crippen molar-refractivity contribution in [2.75, 3.05) is 5.75 Å². The molecule has 0 saturated carbocycles. The molecular weight excluding hydrogens is 286 g/mol. The van der Waals surface area contributed by atoms with Gasteiger partial charge in [0.2, 0.25) is 0 Å². The molecule has 0 fully saturated rings. The van der Waals surface area contributed by atoms with E-state index in [1.54, 1.807) is 18.2 Å². The van der Waals surface area contributed by atoms with Crippen LogP contribution in [0.2, 0.25) is 0 Å². The number of phenolic OH excluding ortho intramolecular Hbond substituents is 1. The second-order valence-corrected chi connectivity index (χ2v) is 5.61. The molecule has 0 aliphatic rings. The third-order valence-corrected chi connectivity index (χ3v) is 3.88. The van der Waals surface area contributed by atoms with Crippen molar-refractivity contribution in [1.82, 2.24) is 4.98 Å². The molecule has 0 aliphatic heterocycles. The summed E-state index contributed by atoms with van der Waals surface area (Å²) in [7, 11) is 0. The summed E-state index contributed by atoms with van der Waals surface area (Å²) in [5.41, 5.74) is 2.70. The molecule has 1 aromatic heterocycles. The van der Waals surface area contributed by atoms with Crippen LogP contribution in [0.25, 0.3) is 11.1 Å². The largest absolute Gasteiger partial charge is 0.507 e. The molecule has 1 heterocycles. The van der Waals surface area contributed by atoms with Gasteiger partial charge >= 0.3 is 0 Å². The van der Waals surface area contributed by atoms with Crippen molar-refractivity contribution >= 4 is 28.6 Å². The third-order valence-electron chi connectivity index (χ3n) is 3.05. The quantitative estimate of drug-likeness (QED) is 0.586. The van der Waals surface area contributed by atoms with Gasteiger partial charge in [0, 0.05) is 0 Å². The number of para-hydroxylation sites is 2. The van der Waals surface area contributed by atoms with Crippen LogP contribution in [0.3, 0.4) is 0 Å². The third kappa shape index (κ3) is 2.92. The average Bonchev–Trinajstić information content (AvgIpc) is 2.87. The Balaban J connectivity index is 1.73. The molecule has 2 aromatic carbocycles. The van der Waals surface area contributed by atoms with E-state index in [0.717, 1.165) is 11.1 Å². The van der Waals surface area contributed by atoms with Gasteiger partial charge in [-0.1, -0.05) is 30.0 Å². The summed E-state index contributed by atoms with van der Waals surface area (Å²) in [6.07, 6.45) is 0. The van der Waals surface area contributed by atoms with E-state index in [2.05, 4.69) is 4.98 Å². The van der Waals surface area contributed by atoms with Gasteiger partial charge in [0.15, 0.2) is 11.4 Å². The number of ketones is 1. The van der Waals surface area contributed by atoms with Crippen LogP contribution >= 0.6 is 11.8 Å². The van der Waals surface area contributed by atoms with Crippen molar-refractivity contribution in [3.63, 3.8) is 0 Å². The number of fused-ring (bicyclic) bond motifs is 1. The zero-order valence-electron chi connectivity index (χ0n) is 11.4. The predicted octanol–water partition coefficient (Wildman–Crippen LogP) is 3.82. The average molecular weight is 299 g/mol. The molecule has 3 rings (SSSR count). The zero-order chi connectivity index (χ0) is 14.8. The summed E-state index contributed by atoms with van der Waals surface area (Å²) in [6.45, 7) is 1.86. The monoisotopic (exact) mass is 299 g/mol. The van der Waals surface area contributed by atoms with Crippen LogP contribution in [-0.4, -0.2) is 21.6 Å². The van der Waals surface area contributed by atoms with Gasteiger partial charge in [0.05, 0.1) is 11.3 Å². The molecule has 106 valence electrons. The Bertz CT molecular complexity index is 777. The van der Waals surface area contributed by atoms with Crippen LogP contribution in [-0.2, 0) is 0 Å². The minimum atomic E-state index is -0.153. The number of nitrogens with zero attached hydrogens (tertiary/aromatic N) is 1. The fraction of sp³-hybridized carbons (Fsp3) is 0.125. The lowest BCUT2D eigenvalue weighted by atomic mass is 10.1. The number of rotatable bonds is 4. The highest BCUT2D eigenvalue weighted by atomic mass is 32.2. The van der Waals surface area contributed by atoms with Crippen molar-refractivity contribution in [1.29, 1.82) is 0 Å². The summed E-state index contributed by atoms with van der Waals surface area (Å²) in [5.74, 6) is 0.0293.